The second-order valence-corrected chi connectivity index (χ2v) is 6.90. The van der Waals surface area contributed by atoms with Crippen molar-refractivity contribution in [3.05, 3.63) is 41.9 Å². The fraction of sp³-hybridized carbons (Fsp3) is 0.421. The zero-order valence-corrected chi connectivity index (χ0v) is 16.1. The number of aromatic nitrogens is 2. The molecule has 0 radical (unpaired) electrons. The molecule has 1 amide bonds. The number of ether oxygens (including phenoxy) is 1. The molecule has 1 aromatic carbocycles. The Morgan fingerprint density at radius 3 is 2.93 bits per heavy atom. The Kier molecular flexibility index (Phi) is 5.27. The van der Waals surface area contributed by atoms with E-state index < -0.39 is 6.29 Å². The molecule has 2 aliphatic rings. The zero-order chi connectivity index (χ0) is 19.5. The van der Waals surface area contributed by atoms with Crippen molar-refractivity contribution in [3.63, 3.8) is 0 Å². The second kappa shape index (κ2) is 7.99. The maximum atomic E-state index is 12.4. The minimum Gasteiger partial charge on any atom is -0.380 e. The lowest BCUT2D eigenvalue weighted by Crippen LogP contribution is -2.55. The Bertz CT molecular complexity index is 854. The number of hydrogen-bond donors (Lipinski definition) is 3. The van der Waals surface area contributed by atoms with Crippen LogP contribution in [0, 0.1) is 0 Å². The van der Waals surface area contributed by atoms with E-state index in [9.17, 15) is 4.79 Å². The van der Waals surface area contributed by atoms with Crippen molar-refractivity contribution >= 4 is 23.1 Å². The lowest BCUT2D eigenvalue weighted by atomic mass is 10.1. The van der Waals surface area contributed by atoms with Gasteiger partial charge in [-0.05, 0) is 18.2 Å². The fourth-order valence-corrected chi connectivity index (χ4v) is 3.64. The molecule has 1 atom stereocenters. The minimum atomic E-state index is -0.407. The van der Waals surface area contributed by atoms with E-state index in [1.54, 1.807) is 7.11 Å². The third-order valence-corrected chi connectivity index (χ3v) is 5.07. The molecule has 1 saturated heterocycles. The van der Waals surface area contributed by atoms with Crippen LogP contribution in [-0.4, -0.2) is 62.5 Å². The van der Waals surface area contributed by atoms with Crippen LogP contribution in [0.25, 0.3) is 0 Å². The van der Waals surface area contributed by atoms with E-state index in [1.807, 2.05) is 18.0 Å². The van der Waals surface area contributed by atoms with E-state index in [-0.39, 0.29) is 5.91 Å². The first kappa shape index (κ1) is 18.5. The summed E-state index contributed by atoms with van der Waals surface area (Å²) in [6, 6.07) is 6.23. The van der Waals surface area contributed by atoms with Gasteiger partial charge >= 0.3 is 0 Å². The maximum absolute atomic E-state index is 12.4. The molecule has 1 unspecified atom stereocenters. The van der Waals surface area contributed by atoms with Crippen LogP contribution in [-0.2, 0) is 11.3 Å². The molecule has 9 heteroatoms. The van der Waals surface area contributed by atoms with Gasteiger partial charge in [0.05, 0.1) is 6.61 Å². The summed E-state index contributed by atoms with van der Waals surface area (Å²) in [6.07, 6.45) is 2.57. The fourth-order valence-electron chi connectivity index (χ4n) is 3.64. The van der Waals surface area contributed by atoms with Crippen molar-refractivity contribution in [1.82, 2.24) is 20.6 Å². The van der Waals surface area contributed by atoms with Gasteiger partial charge in [-0.2, -0.15) is 0 Å². The number of carbonyl (C=O) groups excluding carboxylic acids is 1. The van der Waals surface area contributed by atoms with E-state index in [4.69, 9.17) is 4.74 Å². The molecule has 0 bridgehead atoms. The number of nitrogens with one attached hydrogen (secondary N) is 3. The van der Waals surface area contributed by atoms with Crippen molar-refractivity contribution in [2.45, 2.75) is 12.9 Å². The van der Waals surface area contributed by atoms with Gasteiger partial charge < -0.3 is 30.5 Å². The lowest BCUT2D eigenvalue weighted by molar-refractivity contribution is 0.0932. The minimum absolute atomic E-state index is 0.194. The molecule has 9 nitrogen and oxygen atoms in total. The number of amides is 1. The molecule has 2 aromatic rings. The summed E-state index contributed by atoms with van der Waals surface area (Å²) >= 11 is 0. The highest BCUT2D eigenvalue weighted by Gasteiger charge is 2.29. The molecule has 0 saturated carbocycles. The van der Waals surface area contributed by atoms with E-state index >= 15 is 0 Å². The number of hydrogen-bond acceptors (Lipinski definition) is 8. The Morgan fingerprint density at radius 1 is 1.32 bits per heavy atom. The molecule has 0 aliphatic carbocycles. The average Bonchev–Trinajstić information content (AvgIpc) is 2.73. The lowest BCUT2D eigenvalue weighted by Gasteiger charge is -2.36. The normalized spacial score (nSPS) is 19.2. The topological polar surface area (TPSA) is 94.6 Å². The summed E-state index contributed by atoms with van der Waals surface area (Å²) in [4.78, 5) is 24.8. The summed E-state index contributed by atoms with van der Waals surface area (Å²) in [5.41, 5.74) is 3.67. The van der Waals surface area contributed by atoms with Gasteiger partial charge in [-0.1, -0.05) is 0 Å². The number of carbonyl (C=O) groups is 1. The van der Waals surface area contributed by atoms with Gasteiger partial charge in [-0.3, -0.25) is 4.79 Å². The summed E-state index contributed by atoms with van der Waals surface area (Å²) in [6.45, 7) is 4.43. The standard InChI is InChI=1S/C19H25N7O2/c1-25-17-15(10-21-12-22-17)18(27)24-19(25)23-14-3-4-16(13(9-14)11-28-2)26-7-5-20-6-8-26/h3-4,9-10,12,19-20,23H,5-8,11H2,1-2H3,(H,24,27). The third kappa shape index (κ3) is 3.58. The maximum Gasteiger partial charge on any atom is 0.259 e. The summed E-state index contributed by atoms with van der Waals surface area (Å²) in [5.74, 6) is 0.409. The van der Waals surface area contributed by atoms with Crippen molar-refractivity contribution in [1.29, 1.82) is 0 Å². The molecule has 28 heavy (non-hydrogen) atoms. The van der Waals surface area contributed by atoms with Gasteiger partial charge in [0.2, 0.25) is 0 Å². The number of rotatable bonds is 5. The Morgan fingerprint density at radius 2 is 2.14 bits per heavy atom. The van der Waals surface area contributed by atoms with Crippen LogP contribution in [0.5, 0.6) is 0 Å². The first-order valence-electron chi connectivity index (χ1n) is 9.35. The van der Waals surface area contributed by atoms with E-state index in [1.165, 1.54) is 18.2 Å². The predicted octanol–water partition coefficient (Wildman–Crippen LogP) is 0.608. The molecule has 3 N–H and O–H groups in total. The van der Waals surface area contributed by atoms with Crippen molar-refractivity contribution < 1.29 is 9.53 Å². The third-order valence-electron chi connectivity index (χ3n) is 5.07. The Labute approximate surface area is 164 Å². The number of anilines is 3. The highest BCUT2D eigenvalue weighted by Crippen LogP contribution is 2.27. The Balaban J connectivity index is 1.56. The molecule has 1 aromatic heterocycles. The van der Waals surface area contributed by atoms with Gasteiger partial charge in [0, 0.05) is 63.5 Å². The van der Waals surface area contributed by atoms with Crippen molar-refractivity contribution in [2.24, 2.45) is 0 Å². The van der Waals surface area contributed by atoms with Gasteiger partial charge in [0.15, 0.2) is 6.29 Å². The molecular formula is C19H25N7O2. The molecule has 0 spiro atoms. The molecule has 2 aliphatic heterocycles. The van der Waals surface area contributed by atoms with Gasteiger partial charge in [-0.15, -0.1) is 0 Å². The highest BCUT2D eigenvalue weighted by molar-refractivity contribution is 6.00. The van der Waals surface area contributed by atoms with Crippen molar-refractivity contribution in [2.75, 3.05) is 55.5 Å². The van der Waals surface area contributed by atoms with Gasteiger partial charge in [0.1, 0.15) is 17.7 Å². The number of nitrogens with zero attached hydrogens (tertiary/aromatic N) is 4. The SMILES string of the molecule is COCc1cc(NC2NC(=O)c3cncnc3N2C)ccc1N1CCNCC1. The first-order chi connectivity index (χ1) is 13.7. The first-order valence-corrected chi connectivity index (χ1v) is 9.35. The molecule has 1 fully saturated rings. The number of methoxy groups -OCH3 is 1. The summed E-state index contributed by atoms with van der Waals surface area (Å²) in [7, 11) is 3.58. The van der Waals surface area contributed by atoms with E-state index in [0.717, 1.165) is 37.4 Å². The summed E-state index contributed by atoms with van der Waals surface area (Å²) in [5, 5.41) is 9.70. The van der Waals surface area contributed by atoms with Gasteiger partial charge in [0.25, 0.3) is 5.91 Å². The quantitative estimate of drug-likeness (QED) is 0.691. The molecule has 3 heterocycles. The smallest absolute Gasteiger partial charge is 0.259 e. The van der Waals surface area contributed by atoms with Crippen LogP contribution >= 0.6 is 0 Å². The van der Waals surface area contributed by atoms with Crippen molar-refractivity contribution in [3.8, 4) is 0 Å². The monoisotopic (exact) mass is 383 g/mol. The van der Waals surface area contributed by atoms with Crippen LogP contribution in [0.2, 0.25) is 0 Å². The van der Waals surface area contributed by atoms with Crippen LogP contribution in [0.4, 0.5) is 17.2 Å². The number of piperazine rings is 1. The largest absolute Gasteiger partial charge is 0.380 e. The Hall–Kier alpha value is -2.91. The number of benzene rings is 1. The van der Waals surface area contributed by atoms with E-state index in [0.29, 0.717) is 18.0 Å². The van der Waals surface area contributed by atoms with Crippen LogP contribution in [0.3, 0.4) is 0 Å². The highest BCUT2D eigenvalue weighted by atomic mass is 16.5. The van der Waals surface area contributed by atoms with E-state index in [2.05, 4.69) is 43.0 Å². The molecule has 148 valence electrons. The summed E-state index contributed by atoms with van der Waals surface area (Å²) < 4.78 is 5.42. The number of fused-ring (bicyclic) bond motifs is 1. The van der Waals surface area contributed by atoms with Crippen LogP contribution in [0.15, 0.2) is 30.7 Å². The van der Waals surface area contributed by atoms with Crippen LogP contribution < -0.4 is 25.8 Å². The molecule has 4 rings (SSSR count). The second-order valence-electron chi connectivity index (χ2n) is 6.90. The van der Waals surface area contributed by atoms with Gasteiger partial charge in [-0.25, -0.2) is 9.97 Å². The van der Waals surface area contributed by atoms with Crippen LogP contribution in [0.1, 0.15) is 15.9 Å². The zero-order valence-electron chi connectivity index (χ0n) is 16.1. The average molecular weight is 383 g/mol. The predicted molar refractivity (Wildman–Crippen MR) is 108 cm³/mol. The molecular weight excluding hydrogens is 358 g/mol.